The van der Waals surface area contributed by atoms with Crippen LogP contribution in [-0.2, 0) is 35.2 Å². The molecular formula is C21H33N7O9. The molecule has 0 radical (unpaired) electrons. The topological polar surface area (TPSA) is 280 Å². The average Bonchev–Trinajstić information content (AvgIpc) is 3.33. The fourth-order valence-corrected chi connectivity index (χ4v) is 3.20. The third kappa shape index (κ3) is 12.0. The van der Waals surface area contributed by atoms with Crippen LogP contribution in [0.3, 0.4) is 0 Å². The van der Waals surface area contributed by atoms with Crippen molar-refractivity contribution in [1.29, 1.82) is 0 Å². The quantitative estimate of drug-likeness (QED) is 0.0881. The number of hydrogen-bond donors (Lipinski definition) is 9. The summed E-state index contributed by atoms with van der Waals surface area (Å²) in [5.74, 6) is -7.05. The summed E-state index contributed by atoms with van der Waals surface area (Å²) in [4.78, 5) is 78.3. The fraction of sp³-hybridized carbons (Fsp3) is 0.571. The van der Waals surface area contributed by atoms with Crippen molar-refractivity contribution in [3.63, 3.8) is 0 Å². The predicted octanol–water partition coefficient (Wildman–Crippen LogP) is -2.71. The van der Waals surface area contributed by atoms with Crippen LogP contribution in [0.2, 0.25) is 0 Å². The molecule has 1 heterocycles. The van der Waals surface area contributed by atoms with Gasteiger partial charge in [0.15, 0.2) is 0 Å². The molecule has 0 saturated carbocycles. The van der Waals surface area contributed by atoms with Gasteiger partial charge in [0.1, 0.15) is 18.1 Å². The highest BCUT2D eigenvalue weighted by atomic mass is 16.4. The number of carbonyl (C=O) groups excluding carboxylic acids is 3. The van der Waals surface area contributed by atoms with Gasteiger partial charge in [0.25, 0.3) is 0 Å². The zero-order valence-electron chi connectivity index (χ0n) is 20.0. The molecule has 206 valence electrons. The number of nitrogens with two attached hydrogens (primary N) is 2. The molecule has 1 rings (SSSR count). The summed E-state index contributed by atoms with van der Waals surface area (Å²) in [7, 11) is 0. The molecule has 37 heavy (non-hydrogen) atoms. The molecule has 0 aromatic carbocycles. The second-order valence-electron chi connectivity index (χ2n) is 8.22. The number of rotatable bonds is 18. The van der Waals surface area contributed by atoms with Crippen molar-refractivity contribution in [2.24, 2.45) is 11.5 Å². The Kier molecular flexibility index (Phi) is 13.3. The number of amides is 3. The van der Waals surface area contributed by atoms with Gasteiger partial charge in [-0.2, -0.15) is 0 Å². The molecule has 16 heteroatoms. The van der Waals surface area contributed by atoms with Crippen molar-refractivity contribution in [3.05, 3.63) is 18.2 Å². The molecule has 0 aliphatic carbocycles. The molecule has 0 aliphatic rings. The van der Waals surface area contributed by atoms with Crippen LogP contribution < -0.4 is 27.4 Å². The molecule has 0 spiro atoms. The van der Waals surface area contributed by atoms with Gasteiger partial charge in [0.05, 0.1) is 18.8 Å². The summed E-state index contributed by atoms with van der Waals surface area (Å²) in [6.07, 6.45) is 2.27. The van der Waals surface area contributed by atoms with Crippen LogP contribution in [0.15, 0.2) is 12.5 Å². The first kappa shape index (κ1) is 31.0. The van der Waals surface area contributed by atoms with E-state index in [1.807, 2.05) is 5.32 Å². The number of carboxylic acids is 3. The normalized spacial score (nSPS) is 14.0. The van der Waals surface area contributed by atoms with Crippen LogP contribution >= 0.6 is 0 Å². The predicted molar refractivity (Wildman–Crippen MR) is 126 cm³/mol. The van der Waals surface area contributed by atoms with Crippen LogP contribution in [0.4, 0.5) is 0 Å². The number of imidazole rings is 1. The maximum atomic E-state index is 13.1. The minimum atomic E-state index is -1.82. The Morgan fingerprint density at radius 2 is 1.49 bits per heavy atom. The van der Waals surface area contributed by atoms with E-state index >= 15 is 0 Å². The summed E-state index contributed by atoms with van der Waals surface area (Å²) in [5, 5.41) is 33.9. The van der Waals surface area contributed by atoms with Crippen LogP contribution in [0.5, 0.6) is 0 Å². The van der Waals surface area contributed by atoms with E-state index in [1.165, 1.54) is 12.5 Å². The first-order valence-corrected chi connectivity index (χ1v) is 11.4. The number of hydrogen-bond acceptors (Lipinski definition) is 9. The SMILES string of the molecule is NCCCCC(N)C(=O)NC(Cc1cnc[nH]1)C(=O)NC(CCC(=O)O)C(=O)NC(CC(=O)O)C(=O)O. The van der Waals surface area contributed by atoms with Crippen LogP contribution in [0, 0.1) is 0 Å². The highest BCUT2D eigenvalue weighted by Gasteiger charge is 2.31. The number of aliphatic carboxylic acids is 3. The molecule has 0 fully saturated rings. The fourth-order valence-electron chi connectivity index (χ4n) is 3.20. The van der Waals surface area contributed by atoms with E-state index in [2.05, 4.69) is 20.6 Å². The maximum absolute atomic E-state index is 13.1. The molecule has 0 aliphatic heterocycles. The Morgan fingerprint density at radius 3 is 2.03 bits per heavy atom. The number of aromatic amines is 1. The van der Waals surface area contributed by atoms with Crippen LogP contribution in [0.25, 0.3) is 0 Å². The minimum Gasteiger partial charge on any atom is -0.481 e. The highest BCUT2D eigenvalue weighted by Crippen LogP contribution is 2.06. The molecule has 16 nitrogen and oxygen atoms in total. The first-order valence-electron chi connectivity index (χ1n) is 11.4. The van der Waals surface area contributed by atoms with Gasteiger partial charge >= 0.3 is 17.9 Å². The van der Waals surface area contributed by atoms with Crippen molar-refractivity contribution < 1.29 is 44.1 Å². The number of carbonyl (C=O) groups is 6. The minimum absolute atomic E-state index is 0.0862. The van der Waals surface area contributed by atoms with E-state index in [9.17, 15) is 33.9 Å². The summed E-state index contributed by atoms with van der Waals surface area (Å²) >= 11 is 0. The summed E-state index contributed by atoms with van der Waals surface area (Å²) in [5.41, 5.74) is 11.8. The smallest absolute Gasteiger partial charge is 0.326 e. The lowest BCUT2D eigenvalue weighted by molar-refractivity contribution is -0.147. The standard InChI is InChI=1S/C21H33N7O9/c22-6-2-1-3-12(23)18(33)27-14(7-11-9-24-10-25-11)20(35)26-13(4-5-16(29)30)19(34)28-15(21(36)37)8-17(31)32/h9-10,12-15H,1-8,22-23H2,(H,24,25)(H,26,35)(H,27,33)(H,28,34)(H,29,30)(H,31,32)(H,36,37). The van der Waals surface area contributed by atoms with E-state index in [0.717, 1.165) is 0 Å². The lowest BCUT2D eigenvalue weighted by Gasteiger charge is -2.24. The Labute approximate surface area is 211 Å². The number of unbranched alkanes of at least 4 members (excludes halogenated alkanes) is 1. The molecule has 1 aromatic heterocycles. The molecule has 1 aromatic rings. The van der Waals surface area contributed by atoms with Crippen LogP contribution in [0.1, 0.15) is 44.2 Å². The number of carboxylic acid groups (broad SMARTS) is 3. The number of aromatic nitrogens is 2. The Hall–Kier alpha value is -4.05. The van der Waals surface area contributed by atoms with Crippen LogP contribution in [-0.4, -0.2) is 91.6 Å². The van der Waals surface area contributed by atoms with Gasteiger partial charge in [0, 0.05) is 24.7 Å². The van der Waals surface area contributed by atoms with Gasteiger partial charge in [-0.1, -0.05) is 6.42 Å². The third-order valence-corrected chi connectivity index (χ3v) is 5.19. The number of H-pyrrole nitrogens is 1. The van der Waals surface area contributed by atoms with Gasteiger partial charge in [-0.25, -0.2) is 9.78 Å². The number of nitrogens with one attached hydrogen (secondary N) is 4. The molecule has 3 amide bonds. The molecule has 4 unspecified atom stereocenters. The van der Waals surface area contributed by atoms with E-state index in [1.54, 1.807) is 0 Å². The van der Waals surface area contributed by atoms with E-state index < -0.39 is 79.1 Å². The lowest BCUT2D eigenvalue weighted by atomic mass is 10.1. The van der Waals surface area contributed by atoms with Gasteiger partial charge in [-0.05, 0) is 25.8 Å². The monoisotopic (exact) mass is 527 g/mol. The molecule has 11 N–H and O–H groups in total. The molecule has 0 saturated heterocycles. The van der Waals surface area contributed by atoms with Crippen molar-refractivity contribution in [1.82, 2.24) is 25.9 Å². The maximum Gasteiger partial charge on any atom is 0.326 e. The van der Waals surface area contributed by atoms with Gasteiger partial charge in [0.2, 0.25) is 17.7 Å². The second-order valence-corrected chi connectivity index (χ2v) is 8.22. The summed E-state index contributed by atoms with van der Waals surface area (Å²) < 4.78 is 0. The zero-order chi connectivity index (χ0) is 28.0. The lowest BCUT2D eigenvalue weighted by Crippen LogP contribution is -2.57. The largest absolute Gasteiger partial charge is 0.481 e. The second kappa shape index (κ2) is 15.8. The zero-order valence-corrected chi connectivity index (χ0v) is 20.0. The summed E-state index contributed by atoms with van der Waals surface area (Å²) in [6, 6.07) is -5.56. The Morgan fingerprint density at radius 1 is 0.865 bits per heavy atom. The van der Waals surface area contributed by atoms with Gasteiger partial charge in [-0.3, -0.25) is 24.0 Å². The van der Waals surface area contributed by atoms with E-state index in [-0.39, 0.29) is 6.42 Å². The first-order chi connectivity index (χ1) is 17.4. The Balaban J connectivity index is 3.05. The van der Waals surface area contributed by atoms with Crippen molar-refractivity contribution in [3.8, 4) is 0 Å². The van der Waals surface area contributed by atoms with E-state index in [0.29, 0.717) is 31.5 Å². The molecular weight excluding hydrogens is 494 g/mol. The van der Waals surface area contributed by atoms with Crippen molar-refractivity contribution in [2.45, 2.75) is 69.1 Å². The molecule has 4 atom stereocenters. The Bertz CT molecular complexity index is 939. The third-order valence-electron chi connectivity index (χ3n) is 5.19. The summed E-state index contributed by atoms with van der Waals surface area (Å²) in [6.45, 7) is 0.425. The van der Waals surface area contributed by atoms with E-state index in [4.69, 9.17) is 21.7 Å². The van der Waals surface area contributed by atoms with Gasteiger partial charge in [-0.15, -0.1) is 0 Å². The van der Waals surface area contributed by atoms with Gasteiger partial charge < -0.3 is 47.7 Å². The van der Waals surface area contributed by atoms with Crippen molar-refractivity contribution >= 4 is 35.6 Å². The molecule has 0 bridgehead atoms. The van der Waals surface area contributed by atoms with Crippen molar-refractivity contribution in [2.75, 3.05) is 6.54 Å². The average molecular weight is 528 g/mol. The highest BCUT2D eigenvalue weighted by molar-refractivity contribution is 5.95. The number of nitrogens with zero attached hydrogens (tertiary/aromatic N) is 1.